The second kappa shape index (κ2) is 5.84. The lowest BCUT2D eigenvalue weighted by Crippen LogP contribution is -2.33. The Bertz CT molecular complexity index is 376. The average Bonchev–Trinajstić information content (AvgIpc) is 2.27. The summed E-state index contributed by atoms with van der Waals surface area (Å²) in [6.45, 7) is 1.63. The highest BCUT2D eigenvalue weighted by atomic mass is 16.3. The Morgan fingerprint density at radius 1 is 1.47 bits per heavy atom. The molecule has 0 aliphatic heterocycles. The molecule has 1 amide bonds. The van der Waals surface area contributed by atoms with Gasteiger partial charge in [-0.1, -0.05) is 24.1 Å². The summed E-state index contributed by atoms with van der Waals surface area (Å²) in [5.41, 5.74) is 0.796. The van der Waals surface area contributed by atoms with Crippen LogP contribution in [0, 0.1) is 11.8 Å². The maximum Gasteiger partial charge on any atom is 0.296 e. The van der Waals surface area contributed by atoms with Crippen LogP contribution >= 0.6 is 0 Å². The predicted octanol–water partition coefficient (Wildman–Crippen LogP) is 0.535. The summed E-state index contributed by atoms with van der Waals surface area (Å²) < 4.78 is 0. The molecule has 1 aromatic rings. The molecule has 3 heteroatoms. The Morgan fingerprint density at radius 3 is 2.73 bits per heavy atom. The molecule has 0 radical (unpaired) electrons. The first kappa shape index (κ1) is 11.3. The highest BCUT2D eigenvalue weighted by Gasteiger charge is 2.01. The molecule has 2 N–H and O–H groups in total. The Morgan fingerprint density at radius 2 is 2.13 bits per heavy atom. The lowest BCUT2D eigenvalue weighted by Gasteiger charge is -2.05. The monoisotopic (exact) mass is 203 g/mol. The fraction of sp³-hybridized carbons (Fsp3) is 0.250. The molecule has 1 aromatic carbocycles. The number of aliphatic hydroxyl groups is 1. The van der Waals surface area contributed by atoms with E-state index in [0.29, 0.717) is 0 Å². The zero-order valence-corrected chi connectivity index (χ0v) is 8.53. The van der Waals surface area contributed by atoms with Gasteiger partial charge in [0.1, 0.15) is 0 Å². The molecule has 1 atom stereocenters. The van der Waals surface area contributed by atoms with Gasteiger partial charge in [0.25, 0.3) is 5.91 Å². The van der Waals surface area contributed by atoms with Crippen molar-refractivity contribution < 1.29 is 9.90 Å². The van der Waals surface area contributed by atoms with Crippen molar-refractivity contribution in [3.8, 4) is 11.8 Å². The van der Waals surface area contributed by atoms with Crippen molar-refractivity contribution in [2.75, 3.05) is 6.61 Å². The van der Waals surface area contributed by atoms with Crippen LogP contribution in [0.1, 0.15) is 12.5 Å². The molecule has 3 nitrogen and oxygen atoms in total. The largest absolute Gasteiger partial charge is 0.394 e. The number of rotatable bonds is 2. The van der Waals surface area contributed by atoms with Crippen molar-refractivity contribution in [3.63, 3.8) is 0 Å². The van der Waals surface area contributed by atoms with Crippen molar-refractivity contribution in [2.24, 2.45) is 0 Å². The van der Waals surface area contributed by atoms with Crippen LogP contribution in [0.3, 0.4) is 0 Å². The Hall–Kier alpha value is -1.79. The van der Waals surface area contributed by atoms with Crippen LogP contribution in [0.4, 0.5) is 0 Å². The lowest BCUT2D eigenvalue weighted by atomic mass is 10.2. The Balaban J connectivity index is 2.55. The van der Waals surface area contributed by atoms with E-state index in [1.165, 1.54) is 0 Å². The summed E-state index contributed by atoms with van der Waals surface area (Å²) in [5.74, 6) is 4.81. The van der Waals surface area contributed by atoms with Crippen LogP contribution in [0.25, 0.3) is 0 Å². The number of hydrogen-bond donors (Lipinski definition) is 2. The van der Waals surface area contributed by atoms with E-state index in [1.54, 1.807) is 6.92 Å². The molecule has 0 heterocycles. The molecular formula is C12H13NO2. The van der Waals surface area contributed by atoms with Gasteiger partial charge in [-0.15, -0.1) is 0 Å². The van der Waals surface area contributed by atoms with Gasteiger partial charge >= 0.3 is 0 Å². The molecule has 0 fully saturated rings. The minimum Gasteiger partial charge on any atom is -0.394 e. The van der Waals surface area contributed by atoms with Crippen molar-refractivity contribution in [1.29, 1.82) is 0 Å². The first-order valence-electron chi connectivity index (χ1n) is 4.71. The number of aliphatic hydroxyl groups excluding tert-OH is 1. The van der Waals surface area contributed by atoms with Gasteiger partial charge in [0, 0.05) is 11.5 Å². The maximum absolute atomic E-state index is 11.2. The van der Waals surface area contributed by atoms with Gasteiger partial charge in [0.05, 0.1) is 12.6 Å². The third-order valence-corrected chi connectivity index (χ3v) is 1.75. The molecular weight excluding hydrogens is 190 g/mol. The van der Waals surface area contributed by atoms with Crippen LogP contribution in [-0.4, -0.2) is 23.7 Å². The predicted molar refractivity (Wildman–Crippen MR) is 58.0 cm³/mol. The molecule has 0 aliphatic rings. The van der Waals surface area contributed by atoms with Gasteiger partial charge in [-0.3, -0.25) is 4.79 Å². The van der Waals surface area contributed by atoms with Gasteiger partial charge in [0.2, 0.25) is 0 Å². The minimum atomic E-state index is -0.375. The molecule has 0 unspecified atom stereocenters. The molecule has 0 aromatic heterocycles. The van der Waals surface area contributed by atoms with Gasteiger partial charge in [-0.05, 0) is 19.1 Å². The summed E-state index contributed by atoms with van der Waals surface area (Å²) in [5, 5.41) is 11.2. The highest BCUT2D eigenvalue weighted by molar-refractivity contribution is 5.94. The molecule has 15 heavy (non-hydrogen) atoms. The molecule has 0 bridgehead atoms. The van der Waals surface area contributed by atoms with E-state index in [9.17, 15) is 4.79 Å². The van der Waals surface area contributed by atoms with E-state index in [0.717, 1.165) is 5.56 Å². The number of hydrogen-bond acceptors (Lipinski definition) is 2. The standard InChI is InChI=1S/C12H13NO2/c1-10(9-14)13-12(15)8-7-11-5-3-2-4-6-11/h2-6,10,14H,9H2,1H3,(H,13,15)/t10-/m0/s1. The summed E-state index contributed by atoms with van der Waals surface area (Å²) in [4.78, 5) is 11.2. The van der Waals surface area contributed by atoms with Crippen molar-refractivity contribution in [1.82, 2.24) is 5.32 Å². The fourth-order valence-electron chi connectivity index (χ4n) is 0.956. The lowest BCUT2D eigenvalue weighted by molar-refractivity contribution is -0.116. The van der Waals surface area contributed by atoms with E-state index in [-0.39, 0.29) is 18.6 Å². The summed E-state index contributed by atoms with van der Waals surface area (Å²) in [6.07, 6.45) is 0. The number of carbonyl (C=O) groups excluding carboxylic acids is 1. The quantitative estimate of drug-likeness (QED) is 0.689. The number of carbonyl (C=O) groups is 1. The molecule has 78 valence electrons. The van der Waals surface area contributed by atoms with Gasteiger partial charge in [0.15, 0.2) is 0 Å². The Labute approximate surface area is 89.1 Å². The summed E-state index contributed by atoms with van der Waals surface area (Å²) in [6, 6.07) is 9.00. The summed E-state index contributed by atoms with van der Waals surface area (Å²) >= 11 is 0. The number of amides is 1. The second-order valence-corrected chi connectivity index (χ2v) is 3.17. The molecule has 1 rings (SSSR count). The van der Waals surface area contributed by atoms with E-state index in [1.807, 2.05) is 30.3 Å². The first-order chi connectivity index (χ1) is 7.22. The van der Waals surface area contributed by atoms with Crippen LogP contribution in [0.5, 0.6) is 0 Å². The number of nitrogens with one attached hydrogen (secondary N) is 1. The van der Waals surface area contributed by atoms with Gasteiger partial charge < -0.3 is 10.4 Å². The van der Waals surface area contributed by atoms with Crippen LogP contribution in [0.15, 0.2) is 30.3 Å². The third-order valence-electron chi connectivity index (χ3n) is 1.75. The third kappa shape index (κ3) is 4.30. The average molecular weight is 203 g/mol. The summed E-state index contributed by atoms with van der Waals surface area (Å²) in [7, 11) is 0. The van der Waals surface area contributed by atoms with Crippen LogP contribution in [-0.2, 0) is 4.79 Å². The molecule has 0 spiro atoms. The van der Waals surface area contributed by atoms with Crippen LogP contribution in [0.2, 0.25) is 0 Å². The van der Waals surface area contributed by atoms with Gasteiger partial charge in [-0.2, -0.15) is 0 Å². The fourth-order valence-corrected chi connectivity index (χ4v) is 0.956. The number of benzene rings is 1. The van der Waals surface area contributed by atoms with Crippen molar-refractivity contribution in [2.45, 2.75) is 13.0 Å². The van der Waals surface area contributed by atoms with Crippen molar-refractivity contribution in [3.05, 3.63) is 35.9 Å². The Kier molecular flexibility index (Phi) is 4.39. The molecule has 0 saturated heterocycles. The topological polar surface area (TPSA) is 49.3 Å². The van der Waals surface area contributed by atoms with Crippen molar-refractivity contribution >= 4 is 5.91 Å². The zero-order valence-electron chi connectivity index (χ0n) is 8.53. The second-order valence-electron chi connectivity index (χ2n) is 3.17. The van der Waals surface area contributed by atoms with Crippen LogP contribution < -0.4 is 5.32 Å². The van der Waals surface area contributed by atoms with E-state index < -0.39 is 0 Å². The van der Waals surface area contributed by atoms with Gasteiger partial charge in [-0.25, -0.2) is 0 Å². The highest BCUT2D eigenvalue weighted by Crippen LogP contribution is 1.94. The van der Waals surface area contributed by atoms with E-state index >= 15 is 0 Å². The van der Waals surface area contributed by atoms with E-state index in [2.05, 4.69) is 17.2 Å². The van der Waals surface area contributed by atoms with E-state index in [4.69, 9.17) is 5.11 Å². The smallest absolute Gasteiger partial charge is 0.296 e. The maximum atomic E-state index is 11.2. The SMILES string of the molecule is C[C@@H](CO)NC(=O)C#Cc1ccccc1. The normalized spacial score (nSPS) is 11.1. The minimum absolute atomic E-state index is 0.0846. The first-order valence-corrected chi connectivity index (χ1v) is 4.71. The molecule has 0 saturated carbocycles. The molecule has 0 aliphatic carbocycles. The zero-order chi connectivity index (χ0) is 11.1.